The molecule has 1 heterocycles. The quantitative estimate of drug-likeness (QED) is 0.453. The lowest BCUT2D eigenvalue weighted by Crippen LogP contribution is -2.48. The molecule has 4 saturated carbocycles. The predicted molar refractivity (Wildman–Crippen MR) is 136 cm³/mol. The van der Waals surface area contributed by atoms with Gasteiger partial charge in [0, 0.05) is 5.56 Å². The standard InChI is InChI=1S/C29H31NO3S/c1-18-5-3-4-6-22(18)17-30-27(31)26(34-28(30)32)13-23-12-24(7-8-25(23)33-2)29-14-19-9-20(15-29)11-21(10-19)16-29/h3-8,12-13,19-21H,9-11,14-17H2,1-2H3/b26-13-. The van der Waals surface area contributed by atoms with Crippen LogP contribution in [0.15, 0.2) is 47.4 Å². The summed E-state index contributed by atoms with van der Waals surface area (Å²) in [6, 6.07) is 14.4. The topological polar surface area (TPSA) is 46.6 Å². The normalized spacial score (nSPS) is 31.1. The van der Waals surface area contributed by atoms with Crippen LogP contribution in [-0.2, 0) is 16.8 Å². The number of amides is 2. The third-order valence-electron chi connectivity index (χ3n) is 8.63. The van der Waals surface area contributed by atoms with Crippen molar-refractivity contribution in [2.24, 2.45) is 17.8 Å². The molecular weight excluding hydrogens is 442 g/mol. The molecule has 0 spiro atoms. The third-order valence-corrected chi connectivity index (χ3v) is 9.54. The monoisotopic (exact) mass is 473 g/mol. The van der Waals surface area contributed by atoms with E-state index in [9.17, 15) is 9.59 Å². The van der Waals surface area contributed by atoms with E-state index in [0.29, 0.717) is 11.4 Å². The van der Waals surface area contributed by atoms with Gasteiger partial charge in [0.05, 0.1) is 18.6 Å². The molecule has 0 aromatic heterocycles. The van der Waals surface area contributed by atoms with Crippen LogP contribution in [0.4, 0.5) is 4.79 Å². The zero-order valence-corrected chi connectivity index (χ0v) is 20.7. The van der Waals surface area contributed by atoms with Gasteiger partial charge in [0.25, 0.3) is 11.1 Å². The number of hydrogen-bond acceptors (Lipinski definition) is 4. The molecule has 0 unspecified atom stereocenters. The van der Waals surface area contributed by atoms with Crippen LogP contribution >= 0.6 is 11.8 Å². The number of carbonyl (C=O) groups excluding carboxylic acids is 2. The average molecular weight is 474 g/mol. The maximum atomic E-state index is 13.2. The largest absolute Gasteiger partial charge is 0.496 e. The number of aryl methyl sites for hydroxylation is 1. The van der Waals surface area contributed by atoms with Gasteiger partial charge in [-0.05, 0) is 115 Å². The molecule has 5 aliphatic rings. The van der Waals surface area contributed by atoms with E-state index in [1.165, 1.54) is 49.0 Å². The van der Waals surface area contributed by atoms with E-state index in [0.717, 1.165) is 52.0 Å². The number of ether oxygens (including phenoxy) is 1. The van der Waals surface area contributed by atoms with Crippen LogP contribution in [0.2, 0.25) is 0 Å². The molecule has 0 atom stereocenters. The maximum absolute atomic E-state index is 13.2. The van der Waals surface area contributed by atoms with Gasteiger partial charge in [-0.25, -0.2) is 0 Å². The van der Waals surface area contributed by atoms with Crippen molar-refractivity contribution >= 4 is 29.0 Å². The summed E-state index contributed by atoms with van der Waals surface area (Å²) in [5, 5.41) is -0.212. The minimum Gasteiger partial charge on any atom is -0.496 e. The molecule has 0 N–H and O–H groups in total. The molecule has 2 aromatic carbocycles. The molecule has 7 rings (SSSR count). The highest BCUT2D eigenvalue weighted by molar-refractivity contribution is 8.18. The summed E-state index contributed by atoms with van der Waals surface area (Å²) in [5.74, 6) is 3.14. The molecule has 0 radical (unpaired) electrons. The molecule has 2 amide bonds. The fourth-order valence-electron chi connectivity index (χ4n) is 7.38. The van der Waals surface area contributed by atoms with E-state index in [1.54, 1.807) is 7.11 Å². The molecule has 2 aromatic rings. The van der Waals surface area contributed by atoms with E-state index in [-0.39, 0.29) is 16.6 Å². The summed E-state index contributed by atoms with van der Waals surface area (Å²) < 4.78 is 5.67. The van der Waals surface area contributed by atoms with Gasteiger partial charge >= 0.3 is 0 Å². The summed E-state index contributed by atoms with van der Waals surface area (Å²) >= 11 is 1.03. The number of thioether (sulfide) groups is 1. The Hall–Kier alpha value is -2.53. The van der Waals surface area contributed by atoms with Crippen molar-refractivity contribution in [3.05, 3.63) is 69.6 Å². The Morgan fingerprint density at radius 2 is 1.71 bits per heavy atom. The summed E-state index contributed by atoms with van der Waals surface area (Å²) in [6.07, 6.45) is 9.97. The zero-order valence-electron chi connectivity index (χ0n) is 19.9. The van der Waals surface area contributed by atoms with Gasteiger partial charge < -0.3 is 4.74 Å². The Labute approximate surface area is 205 Å². The van der Waals surface area contributed by atoms with Crippen molar-refractivity contribution in [3.63, 3.8) is 0 Å². The maximum Gasteiger partial charge on any atom is 0.293 e. The molecule has 4 bridgehead atoms. The Bertz CT molecular complexity index is 1160. The SMILES string of the molecule is COc1ccc(C23CC4CC(CC(C4)C2)C3)cc1/C=C1\SC(=O)N(Cc2ccccc2C)C1=O. The summed E-state index contributed by atoms with van der Waals surface area (Å²) in [6.45, 7) is 2.31. The second-order valence-electron chi connectivity index (χ2n) is 10.8. The smallest absolute Gasteiger partial charge is 0.293 e. The molecule has 4 aliphatic carbocycles. The van der Waals surface area contributed by atoms with Crippen LogP contribution in [0, 0.1) is 24.7 Å². The van der Waals surface area contributed by atoms with Gasteiger partial charge in [-0.3, -0.25) is 14.5 Å². The first kappa shape index (κ1) is 22.0. The van der Waals surface area contributed by atoms with Gasteiger partial charge in [0.1, 0.15) is 5.75 Å². The lowest BCUT2D eigenvalue weighted by atomic mass is 9.48. The van der Waals surface area contributed by atoms with Crippen LogP contribution in [0.3, 0.4) is 0 Å². The summed E-state index contributed by atoms with van der Waals surface area (Å²) in [7, 11) is 1.67. The fraction of sp³-hybridized carbons (Fsp3) is 0.448. The van der Waals surface area contributed by atoms with Crippen molar-refractivity contribution in [2.45, 2.75) is 57.4 Å². The van der Waals surface area contributed by atoms with Gasteiger partial charge in [0.2, 0.25) is 0 Å². The van der Waals surface area contributed by atoms with Gasteiger partial charge in [-0.1, -0.05) is 30.3 Å². The van der Waals surface area contributed by atoms with Crippen LogP contribution in [0.1, 0.15) is 60.8 Å². The van der Waals surface area contributed by atoms with E-state index in [1.807, 2.05) is 37.3 Å². The number of hydrogen-bond donors (Lipinski definition) is 0. The molecule has 34 heavy (non-hydrogen) atoms. The first-order valence-corrected chi connectivity index (χ1v) is 13.2. The van der Waals surface area contributed by atoms with Crippen LogP contribution < -0.4 is 4.74 Å². The van der Waals surface area contributed by atoms with E-state index in [4.69, 9.17) is 4.74 Å². The molecular formula is C29H31NO3S. The first-order valence-electron chi connectivity index (χ1n) is 12.4. The number of rotatable bonds is 5. The molecule has 1 saturated heterocycles. The Balaban J connectivity index is 1.31. The average Bonchev–Trinajstić information content (AvgIpc) is 3.07. The molecule has 176 valence electrons. The van der Waals surface area contributed by atoms with E-state index >= 15 is 0 Å². The minimum atomic E-state index is -0.222. The van der Waals surface area contributed by atoms with Crippen molar-refractivity contribution < 1.29 is 14.3 Å². The fourth-order valence-corrected chi connectivity index (χ4v) is 8.21. The van der Waals surface area contributed by atoms with E-state index in [2.05, 4.69) is 18.2 Å². The number of nitrogens with zero attached hydrogens (tertiary/aromatic N) is 1. The molecule has 5 fully saturated rings. The highest BCUT2D eigenvalue weighted by Crippen LogP contribution is 2.61. The Morgan fingerprint density at radius 1 is 1.03 bits per heavy atom. The van der Waals surface area contributed by atoms with Crippen molar-refractivity contribution in [3.8, 4) is 5.75 Å². The first-order chi connectivity index (χ1) is 16.4. The summed E-state index contributed by atoms with van der Waals surface area (Å²) in [5.41, 5.74) is 4.63. The zero-order chi connectivity index (χ0) is 23.4. The molecule has 1 aliphatic heterocycles. The number of methoxy groups -OCH3 is 1. The third kappa shape index (κ3) is 3.69. The highest BCUT2D eigenvalue weighted by atomic mass is 32.2. The second kappa shape index (κ2) is 8.30. The Morgan fingerprint density at radius 3 is 2.35 bits per heavy atom. The summed E-state index contributed by atoms with van der Waals surface area (Å²) in [4.78, 5) is 27.8. The van der Waals surface area contributed by atoms with Crippen molar-refractivity contribution in [1.82, 2.24) is 4.90 Å². The van der Waals surface area contributed by atoms with Crippen LogP contribution in [0.25, 0.3) is 6.08 Å². The van der Waals surface area contributed by atoms with Crippen molar-refractivity contribution in [2.75, 3.05) is 7.11 Å². The Kier molecular flexibility index (Phi) is 5.36. The van der Waals surface area contributed by atoms with Crippen molar-refractivity contribution in [1.29, 1.82) is 0 Å². The number of imide groups is 1. The second-order valence-corrected chi connectivity index (χ2v) is 11.8. The van der Waals surface area contributed by atoms with Gasteiger partial charge in [-0.2, -0.15) is 0 Å². The lowest BCUT2D eigenvalue weighted by molar-refractivity contribution is -0.123. The van der Waals surface area contributed by atoms with Crippen LogP contribution in [0.5, 0.6) is 5.75 Å². The minimum absolute atomic E-state index is 0.212. The van der Waals surface area contributed by atoms with Gasteiger partial charge in [-0.15, -0.1) is 0 Å². The lowest BCUT2D eigenvalue weighted by Gasteiger charge is -2.57. The van der Waals surface area contributed by atoms with Crippen LogP contribution in [-0.4, -0.2) is 23.2 Å². The number of carbonyl (C=O) groups is 2. The predicted octanol–water partition coefficient (Wildman–Crippen LogP) is 6.71. The van der Waals surface area contributed by atoms with E-state index < -0.39 is 0 Å². The van der Waals surface area contributed by atoms with Gasteiger partial charge in [0.15, 0.2) is 0 Å². The molecule has 5 heteroatoms. The number of benzene rings is 2. The molecule has 4 nitrogen and oxygen atoms in total. The highest BCUT2D eigenvalue weighted by Gasteiger charge is 2.51.